The minimum Gasteiger partial charge on any atom is -0.496 e. The standard InChI is InChI=1S/C18H20N2O4/c1-12-8-9-14(16(10-12)23-3)18(21)20-19-11-13-6-5-7-15(22-2)17(13)24-4/h5-11H,1-4H3,(H,20,21)/b19-11+. The average molecular weight is 328 g/mol. The topological polar surface area (TPSA) is 69.2 Å². The van der Waals surface area contributed by atoms with E-state index in [0.29, 0.717) is 28.4 Å². The Bertz CT molecular complexity index is 757. The molecule has 0 spiro atoms. The lowest BCUT2D eigenvalue weighted by atomic mass is 10.1. The van der Waals surface area contributed by atoms with Crippen LogP contribution < -0.4 is 19.6 Å². The lowest BCUT2D eigenvalue weighted by Crippen LogP contribution is -2.18. The summed E-state index contributed by atoms with van der Waals surface area (Å²) in [4.78, 5) is 12.2. The summed E-state index contributed by atoms with van der Waals surface area (Å²) in [5, 5.41) is 3.98. The Hall–Kier alpha value is -3.02. The van der Waals surface area contributed by atoms with E-state index >= 15 is 0 Å². The minimum absolute atomic E-state index is 0.357. The summed E-state index contributed by atoms with van der Waals surface area (Å²) in [5.74, 6) is 1.28. The maximum Gasteiger partial charge on any atom is 0.275 e. The number of carbonyl (C=O) groups is 1. The second-order valence-corrected chi connectivity index (χ2v) is 4.99. The van der Waals surface area contributed by atoms with Crippen molar-refractivity contribution < 1.29 is 19.0 Å². The Labute approximate surface area is 141 Å². The van der Waals surface area contributed by atoms with Crippen LogP contribution in [0.3, 0.4) is 0 Å². The fourth-order valence-electron chi connectivity index (χ4n) is 2.22. The van der Waals surface area contributed by atoms with Crippen molar-refractivity contribution in [2.75, 3.05) is 21.3 Å². The first kappa shape index (κ1) is 17.3. The number of aryl methyl sites for hydroxylation is 1. The van der Waals surface area contributed by atoms with Gasteiger partial charge in [0.2, 0.25) is 0 Å². The SMILES string of the molecule is COc1cc(C)ccc1C(=O)N/N=C/c1cccc(OC)c1OC. The van der Waals surface area contributed by atoms with E-state index < -0.39 is 0 Å². The third-order valence-electron chi connectivity index (χ3n) is 3.40. The number of nitrogens with zero attached hydrogens (tertiary/aromatic N) is 1. The molecule has 6 heteroatoms. The van der Waals surface area contributed by atoms with E-state index in [1.807, 2.05) is 25.1 Å². The second kappa shape index (κ2) is 8.01. The Balaban J connectivity index is 2.16. The molecule has 0 bridgehead atoms. The van der Waals surface area contributed by atoms with Crippen molar-refractivity contribution in [3.05, 3.63) is 53.1 Å². The number of hydrazone groups is 1. The van der Waals surface area contributed by atoms with Crippen molar-refractivity contribution >= 4 is 12.1 Å². The van der Waals surface area contributed by atoms with Gasteiger partial charge in [-0.1, -0.05) is 12.1 Å². The molecular formula is C18H20N2O4. The van der Waals surface area contributed by atoms with Crippen LogP contribution in [0.15, 0.2) is 41.5 Å². The molecule has 0 saturated carbocycles. The van der Waals surface area contributed by atoms with E-state index in [2.05, 4.69) is 10.5 Å². The highest BCUT2D eigenvalue weighted by Crippen LogP contribution is 2.29. The molecule has 1 N–H and O–H groups in total. The summed E-state index contributed by atoms with van der Waals surface area (Å²) in [7, 11) is 4.63. The average Bonchev–Trinajstić information content (AvgIpc) is 2.60. The number of nitrogens with one attached hydrogen (secondary N) is 1. The van der Waals surface area contributed by atoms with Crippen molar-refractivity contribution in [1.29, 1.82) is 0 Å². The third-order valence-corrected chi connectivity index (χ3v) is 3.40. The van der Waals surface area contributed by atoms with Crippen LogP contribution in [0.2, 0.25) is 0 Å². The van der Waals surface area contributed by atoms with Crippen molar-refractivity contribution in [3.63, 3.8) is 0 Å². The zero-order chi connectivity index (χ0) is 17.5. The largest absolute Gasteiger partial charge is 0.496 e. The second-order valence-electron chi connectivity index (χ2n) is 4.99. The molecule has 2 aromatic rings. The third kappa shape index (κ3) is 3.84. The van der Waals surface area contributed by atoms with Crippen molar-refractivity contribution in [2.45, 2.75) is 6.92 Å². The van der Waals surface area contributed by atoms with Gasteiger partial charge >= 0.3 is 0 Å². The predicted octanol–water partition coefficient (Wildman–Crippen LogP) is 2.78. The predicted molar refractivity (Wildman–Crippen MR) is 92.3 cm³/mol. The van der Waals surface area contributed by atoms with E-state index in [1.54, 1.807) is 32.4 Å². The van der Waals surface area contributed by atoms with Crippen LogP contribution in [-0.4, -0.2) is 33.5 Å². The number of hydrogen-bond acceptors (Lipinski definition) is 5. The molecule has 0 aromatic heterocycles. The molecule has 2 aromatic carbocycles. The smallest absolute Gasteiger partial charge is 0.275 e. The number of methoxy groups -OCH3 is 3. The molecule has 0 heterocycles. The molecule has 24 heavy (non-hydrogen) atoms. The highest BCUT2D eigenvalue weighted by atomic mass is 16.5. The van der Waals surface area contributed by atoms with Gasteiger partial charge in [0, 0.05) is 5.56 Å². The van der Waals surface area contributed by atoms with Crippen LogP contribution in [0.4, 0.5) is 0 Å². The normalized spacial score (nSPS) is 10.5. The minimum atomic E-state index is -0.357. The van der Waals surface area contributed by atoms with Gasteiger partial charge in [-0.15, -0.1) is 0 Å². The van der Waals surface area contributed by atoms with E-state index in [4.69, 9.17) is 14.2 Å². The van der Waals surface area contributed by atoms with Gasteiger partial charge in [0.05, 0.1) is 33.1 Å². The monoisotopic (exact) mass is 328 g/mol. The first-order valence-electron chi connectivity index (χ1n) is 7.29. The molecule has 6 nitrogen and oxygen atoms in total. The summed E-state index contributed by atoms with van der Waals surface area (Å²) >= 11 is 0. The van der Waals surface area contributed by atoms with E-state index in [0.717, 1.165) is 5.56 Å². The highest BCUT2D eigenvalue weighted by molar-refractivity contribution is 5.97. The molecule has 126 valence electrons. The lowest BCUT2D eigenvalue weighted by molar-refractivity contribution is 0.0952. The zero-order valence-electron chi connectivity index (χ0n) is 14.1. The van der Waals surface area contributed by atoms with Crippen LogP contribution in [0, 0.1) is 6.92 Å². The Morgan fingerprint density at radius 1 is 1.04 bits per heavy atom. The first-order valence-corrected chi connectivity index (χ1v) is 7.29. The van der Waals surface area contributed by atoms with E-state index in [9.17, 15) is 4.79 Å². The Morgan fingerprint density at radius 2 is 1.79 bits per heavy atom. The van der Waals surface area contributed by atoms with Crippen molar-refractivity contribution in [2.24, 2.45) is 5.10 Å². The van der Waals surface area contributed by atoms with Gasteiger partial charge in [0.1, 0.15) is 5.75 Å². The summed E-state index contributed by atoms with van der Waals surface area (Å²) in [6, 6.07) is 10.7. The number of hydrogen-bond donors (Lipinski definition) is 1. The molecule has 0 aliphatic carbocycles. The van der Waals surface area contributed by atoms with E-state index in [1.165, 1.54) is 13.3 Å². The molecule has 0 saturated heterocycles. The van der Waals surface area contributed by atoms with Gasteiger partial charge in [-0.3, -0.25) is 4.79 Å². The first-order chi connectivity index (χ1) is 11.6. The molecule has 0 fully saturated rings. The quantitative estimate of drug-likeness (QED) is 0.654. The van der Waals surface area contributed by atoms with Crippen LogP contribution in [0.25, 0.3) is 0 Å². The Morgan fingerprint density at radius 3 is 2.46 bits per heavy atom. The van der Waals surface area contributed by atoms with Crippen LogP contribution in [-0.2, 0) is 0 Å². The molecular weight excluding hydrogens is 308 g/mol. The Kier molecular flexibility index (Phi) is 5.78. The zero-order valence-corrected chi connectivity index (χ0v) is 14.1. The molecule has 0 unspecified atom stereocenters. The molecule has 0 aliphatic rings. The maximum absolute atomic E-state index is 12.2. The fourth-order valence-corrected chi connectivity index (χ4v) is 2.22. The number of amides is 1. The van der Waals surface area contributed by atoms with Gasteiger partial charge in [0.15, 0.2) is 11.5 Å². The van der Waals surface area contributed by atoms with Crippen LogP contribution in [0.5, 0.6) is 17.2 Å². The maximum atomic E-state index is 12.2. The number of para-hydroxylation sites is 1. The van der Waals surface area contributed by atoms with Gasteiger partial charge in [-0.25, -0.2) is 5.43 Å². The molecule has 0 atom stereocenters. The summed E-state index contributed by atoms with van der Waals surface area (Å²) < 4.78 is 15.8. The molecule has 0 aliphatic heterocycles. The van der Waals surface area contributed by atoms with Crippen LogP contribution in [0.1, 0.15) is 21.5 Å². The summed E-state index contributed by atoms with van der Waals surface area (Å²) in [6.07, 6.45) is 1.50. The van der Waals surface area contributed by atoms with Gasteiger partial charge < -0.3 is 14.2 Å². The number of carbonyl (C=O) groups excluding carboxylic acids is 1. The van der Waals surface area contributed by atoms with Gasteiger partial charge in [-0.2, -0.15) is 5.10 Å². The van der Waals surface area contributed by atoms with Crippen LogP contribution >= 0.6 is 0 Å². The molecule has 1 amide bonds. The van der Waals surface area contributed by atoms with Gasteiger partial charge in [0.25, 0.3) is 5.91 Å². The molecule has 0 radical (unpaired) electrons. The highest BCUT2D eigenvalue weighted by Gasteiger charge is 2.12. The summed E-state index contributed by atoms with van der Waals surface area (Å²) in [5.41, 5.74) is 4.59. The number of rotatable bonds is 6. The van der Waals surface area contributed by atoms with E-state index in [-0.39, 0.29) is 5.91 Å². The lowest BCUT2D eigenvalue weighted by Gasteiger charge is -2.10. The van der Waals surface area contributed by atoms with Crippen molar-refractivity contribution in [1.82, 2.24) is 5.43 Å². The fraction of sp³-hybridized carbons (Fsp3) is 0.222. The van der Waals surface area contributed by atoms with Gasteiger partial charge in [-0.05, 0) is 36.8 Å². The number of ether oxygens (including phenoxy) is 3. The van der Waals surface area contributed by atoms with Crippen molar-refractivity contribution in [3.8, 4) is 17.2 Å². The molecule has 2 rings (SSSR count). The number of benzene rings is 2. The summed E-state index contributed by atoms with van der Waals surface area (Å²) in [6.45, 7) is 1.93.